The Hall–Kier alpha value is -1.94. The second-order valence-electron chi connectivity index (χ2n) is 3.34. The Morgan fingerprint density at radius 2 is 2.12 bits per heavy atom. The largest absolute Gasteiger partial charge is 0.406 e. The molecule has 0 saturated carbocycles. The van der Waals surface area contributed by atoms with E-state index >= 15 is 0 Å². The highest BCUT2D eigenvalue weighted by molar-refractivity contribution is 6.30. The van der Waals surface area contributed by atoms with E-state index in [1.54, 1.807) is 12.1 Å². The lowest BCUT2D eigenvalue weighted by Gasteiger charge is -2.02. The van der Waals surface area contributed by atoms with E-state index in [-0.39, 0.29) is 5.88 Å². The molecule has 0 saturated heterocycles. The van der Waals surface area contributed by atoms with Gasteiger partial charge in [-0.25, -0.2) is 9.97 Å². The third-order valence-electron chi connectivity index (χ3n) is 2.00. The molecule has 2 aromatic rings. The maximum atomic E-state index is 10.7. The summed E-state index contributed by atoms with van der Waals surface area (Å²) >= 11 is 5.88. The summed E-state index contributed by atoms with van der Waals surface area (Å²) in [7, 11) is 0. The highest BCUT2D eigenvalue weighted by Gasteiger charge is 2.03. The van der Waals surface area contributed by atoms with Gasteiger partial charge in [0.15, 0.2) is 0 Å². The number of esters is 1. The fraction of sp³-hybridized carbons (Fsp3) is 0.0833. The Bertz CT molecular complexity index is 540. The molecule has 0 radical (unpaired) electrons. The lowest BCUT2D eigenvalue weighted by Crippen LogP contribution is -2.03. The monoisotopic (exact) mass is 248 g/mol. The first-order chi connectivity index (χ1) is 8.15. The van der Waals surface area contributed by atoms with Crippen molar-refractivity contribution >= 4 is 17.6 Å². The molecule has 0 aliphatic rings. The minimum Gasteiger partial charge on any atom is -0.406 e. The van der Waals surface area contributed by atoms with Crippen molar-refractivity contribution in [3.63, 3.8) is 0 Å². The zero-order chi connectivity index (χ0) is 12.3. The van der Waals surface area contributed by atoms with Crippen molar-refractivity contribution < 1.29 is 9.53 Å². The summed E-state index contributed by atoms with van der Waals surface area (Å²) in [6.07, 6.45) is 2.93. The van der Waals surface area contributed by atoms with E-state index in [4.69, 9.17) is 16.3 Å². The molecule has 17 heavy (non-hydrogen) atoms. The number of carbonyl (C=O) groups is 1. The molecule has 86 valence electrons. The Kier molecular flexibility index (Phi) is 3.35. The van der Waals surface area contributed by atoms with Gasteiger partial charge in [-0.2, -0.15) is 0 Å². The number of hydrogen-bond acceptors (Lipinski definition) is 4. The van der Waals surface area contributed by atoms with E-state index in [2.05, 4.69) is 9.97 Å². The smallest absolute Gasteiger partial charge is 0.309 e. The van der Waals surface area contributed by atoms with E-state index < -0.39 is 5.97 Å². The molecule has 1 heterocycles. The molecule has 0 unspecified atom stereocenters. The number of nitrogens with zero attached hydrogens (tertiary/aromatic N) is 2. The molecule has 0 N–H and O–H groups in total. The molecule has 0 fully saturated rings. The summed E-state index contributed by atoms with van der Waals surface area (Å²) < 4.78 is 4.79. The van der Waals surface area contributed by atoms with Crippen LogP contribution in [0.5, 0.6) is 5.88 Å². The molecule has 4 nitrogen and oxygen atoms in total. The van der Waals surface area contributed by atoms with Crippen LogP contribution in [0.3, 0.4) is 0 Å². The van der Waals surface area contributed by atoms with Crippen molar-refractivity contribution in [3.8, 4) is 17.1 Å². The summed E-state index contributed by atoms with van der Waals surface area (Å²) in [6.45, 7) is 1.31. The van der Waals surface area contributed by atoms with E-state index in [0.717, 1.165) is 5.56 Å². The second kappa shape index (κ2) is 4.93. The first-order valence-corrected chi connectivity index (χ1v) is 5.29. The van der Waals surface area contributed by atoms with Crippen LogP contribution >= 0.6 is 11.6 Å². The van der Waals surface area contributed by atoms with Crippen LogP contribution in [-0.4, -0.2) is 15.9 Å². The topological polar surface area (TPSA) is 52.1 Å². The van der Waals surface area contributed by atoms with Crippen LogP contribution in [0.15, 0.2) is 36.7 Å². The van der Waals surface area contributed by atoms with Crippen LogP contribution in [0.1, 0.15) is 6.92 Å². The van der Waals surface area contributed by atoms with Crippen LogP contribution < -0.4 is 4.74 Å². The minimum absolute atomic E-state index is 0.184. The molecule has 0 bridgehead atoms. The van der Waals surface area contributed by atoms with E-state index in [9.17, 15) is 4.79 Å². The quantitative estimate of drug-likeness (QED) is 0.767. The van der Waals surface area contributed by atoms with Crippen LogP contribution in [-0.2, 0) is 4.79 Å². The number of carbonyl (C=O) groups excluding carboxylic acids is 1. The molecule has 5 heteroatoms. The molecular weight excluding hydrogens is 240 g/mol. The Labute approximate surface area is 103 Å². The highest BCUT2D eigenvalue weighted by Crippen LogP contribution is 2.20. The Morgan fingerprint density at radius 1 is 1.29 bits per heavy atom. The van der Waals surface area contributed by atoms with Crippen molar-refractivity contribution in [3.05, 3.63) is 41.7 Å². The molecule has 0 aliphatic carbocycles. The summed E-state index contributed by atoms with van der Waals surface area (Å²) in [4.78, 5) is 18.8. The maximum Gasteiger partial charge on any atom is 0.309 e. The Balaban J connectivity index is 2.26. The predicted molar refractivity (Wildman–Crippen MR) is 63.8 cm³/mol. The molecule has 2 rings (SSSR count). The number of hydrogen-bond donors (Lipinski definition) is 0. The molecule has 0 atom stereocenters. The fourth-order valence-electron chi connectivity index (χ4n) is 1.31. The van der Waals surface area contributed by atoms with Gasteiger partial charge in [-0.1, -0.05) is 23.7 Å². The summed E-state index contributed by atoms with van der Waals surface area (Å²) in [5, 5.41) is 0.633. The van der Waals surface area contributed by atoms with Crippen LogP contribution in [0.4, 0.5) is 0 Å². The Morgan fingerprint density at radius 3 is 2.71 bits per heavy atom. The zero-order valence-electron chi connectivity index (χ0n) is 9.05. The predicted octanol–water partition coefficient (Wildman–Crippen LogP) is 2.72. The number of halogens is 1. The van der Waals surface area contributed by atoms with E-state index in [1.165, 1.54) is 19.3 Å². The van der Waals surface area contributed by atoms with E-state index in [0.29, 0.717) is 10.7 Å². The van der Waals surface area contributed by atoms with Gasteiger partial charge in [-0.05, 0) is 12.1 Å². The first-order valence-electron chi connectivity index (χ1n) is 4.91. The standard InChI is InChI=1S/C12H9ClN2O2/c1-8(16)17-12-7-14-11(6-15-12)9-3-2-4-10(13)5-9/h2-7H,1H3. The lowest BCUT2D eigenvalue weighted by molar-refractivity contribution is -0.132. The summed E-state index contributed by atoms with van der Waals surface area (Å²) in [5.41, 5.74) is 1.53. The van der Waals surface area contributed by atoms with Crippen molar-refractivity contribution in [1.29, 1.82) is 0 Å². The number of rotatable bonds is 2. The van der Waals surface area contributed by atoms with Crippen molar-refractivity contribution in [2.75, 3.05) is 0 Å². The zero-order valence-corrected chi connectivity index (χ0v) is 9.81. The molecule has 1 aromatic carbocycles. The fourth-order valence-corrected chi connectivity index (χ4v) is 1.50. The van der Waals surface area contributed by atoms with Gasteiger partial charge in [-0.15, -0.1) is 0 Å². The van der Waals surface area contributed by atoms with Gasteiger partial charge < -0.3 is 4.74 Å². The highest BCUT2D eigenvalue weighted by atomic mass is 35.5. The number of benzene rings is 1. The van der Waals surface area contributed by atoms with Crippen LogP contribution in [0.2, 0.25) is 5.02 Å². The molecule has 0 spiro atoms. The normalized spacial score (nSPS) is 10.0. The summed E-state index contributed by atoms with van der Waals surface area (Å²) in [6, 6.07) is 7.28. The average molecular weight is 249 g/mol. The van der Waals surface area contributed by atoms with Gasteiger partial charge >= 0.3 is 5.97 Å². The first kappa shape index (κ1) is 11.5. The average Bonchev–Trinajstić information content (AvgIpc) is 2.29. The maximum absolute atomic E-state index is 10.7. The molecule has 0 amide bonds. The number of aromatic nitrogens is 2. The van der Waals surface area contributed by atoms with Crippen molar-refractivity contribution in [2.24, 2.45) is 0 Å². The van der Waals surface area contributed by atoms with Gasteiger partial charge in [0.1, 0.15) is 0 Å². The van der Waals surface area contributed by atoms with Crippen molar-refractivity contribution in [2.45, 2.75) is 6.92 Å². The van der Waals surface area contributed by atoms with Gasteiger partial charge in [0.2, 0.25) is 5.88 Å². The van der Waals surface area contributed by atoms with Gasteiger partial charge in [0.25, 0.3) is 0 Å². The molecule has 1 aromatic heterocycles. The minimum atomic E-state index is -0.421. The molecule has 0 aliphatic heterocycles. The third kappa shape index (κ3) is 3.01. The molecular formula is C12H9ClN2O2. The summed E-state index contributed by atoms with van der Waals surface area (Å²) in [5.74, 6) is -0.238. The van der Waals surface area contributed by atoms with Crippen molar-refractivity contribution in [1.82, 2.24) is 9.97 Å². The van der Waals surface area contributed by atoms with Gasteiger partial charge in [0, 0.05) is 17.5 Å². The lowest BCUT2D eigenvalue weighted by atomic mass is 10.2. The number of ether oxygens (including phenoxy) is 1. The van der Waals surface area contributed by atoms with Crippen LogP contribution in [0.25, 0.3) is 11.3 Å². The second-order valence-corrected chi connectivity index (χ2v) is 3.78. The van der Waals surface area contributed by atoms with Gasteiger partial charge in [0.05, 0.1) is 18.1 Å². The van der Waals surface area contributed by atoms with Crippen LogP contribution in [0, 0.1) is 0 Å². The van der Waals surface area contributed by atoms with E-state index in [1.807, 2.05) is 12.1 Å². The third-order valence-corrected chi connectivity index (χ3v) is 2.23. The van der Waals surface area contributed by atoms with Gasteiger partial charge in [-0.3, -0.25) is 4.79 Å². The SMILES string of the molecule is CC(=O)Oc1cnc(-c2cccc(Cl)c2)cn1.